The van der Waals surface area contributed by atoms with Gasteiger partial charge in [0, 0.05) is 31.4 Å². The molecule has 42 heavy (non-hydrogen) atoms. The summed E-state index contributed by atoms with van der Waals surface area (Å²) in [6, 6.07) is 19.1. The molecule has 2 fully saturated rings. The van der Waals surface area contributed by atoms with E-state index in [0.717, 1.165) is 56.8 Å². The Hall–Kier alpha value is -3.42. The van der Waals surface area contributed by atoms with Gasteiger partial charge in [0.2, 0.25) is 0 Å². The van der Waals surface area contributed by atoms with E-state index in [1.807, 2.05) is 17.0 Å². The molecule has 0 radical (unpaired) electrons. The summed E-state index contributed by atoms with van der Waals surface area (Å²) in [4.78, 5) is 29.2. The number of aryl methyl sites for hydroxylation is 1. The average molecular weight is 572 g/mol. The van der Waals surface area contributed by atoms with Gasteiger partial charge in [-0.15, -0.1) is 0 Å². The number of nitrogens with one attached hydrogen (secondary N) is 1. The molecule has 1 aliphatic heterocycles. The van der Waals surface area contributed by atoms with Crippen molar-refractivity contribution in [3.8, 4) is 0 Å². The molecule has 0 unspecified atom stereocenters. The smallest absolute Gasteiger partial charge is 0.335 e. The van der Waals surface area contributed by atoms with Crippen molar-refractivity contribution in [2.24, 2.45) is 5.41 Å². The predicted molar refractivity (Wildman–Crippen MR) is 166 cm³/mol. The van der Waals surface area contributed by atoms with E-state index >= 15 is 0 Å². The summed E-state index contributed by atoms with van der Waals surface area (Å²) in [7, 11) is 0. The zero-order valence-corrected chi connectivity index (χ0v) is 24.9. The molecule has 0 bridgehead atoms. The van der Waals surface area contributed by atoms with Crippen molar-refractivity contribution in [1.29, 1.82) is 0 Å². The van der Waals surface area contributed by atoms with Gasteiger partial charge >= 0.3 is 5.97 Å². The number of amides is 1. The van der Waals surface area contributed by atoms with Crippen LogP contribution in [0.2, 0.25) is 0 Å². The normalized spacial score (nSPS) is 17.6. The van der Waals surface area contributed by atoms with Gasteiger partial charge in [-0.05, 0) is 106 Å². The Morgan fingerprint density at radius 3 is 2.33 bits per heavy atom. The Bertz CT molecular complexity index is 1270. The number of aromatic carboxylic acids is 1. The lowest BCUT2D eigenvalue weighted by Crippen LogP contribution is -2.48. The van der Waals surface area contributed by atoms with Crippen LogP contribution in [0.1, 0.15) is 89.8 Å². The summed E-state index contributed by atoms with van der Waals surface area (Å²) in [5.74, 6) is -0.555. The highest BCUT2D eigenvalue weighted by Crippen LogP contribution is 2.42. The van der Waals surface area contributed by atoms with Crippen molar-refractivity contribution in [3.05, 3.63) is 89.4 Å². The Kier molecular flexibility index (Phi) is 10.1. The van der Waals surface area contributed by atoms with E-state index in [-0.39, 0.29) is 11.9 Å². The molecular weight excluding hydrogens is 526 g/mol. The molecular formula is C35H45N3O4. The van der Waals surface area contributed by atoms with E-state index in [1.54, 1.807) is 30.5 Å². The van der Waals surface area contributed by atoms with Crippen molar-refractivity contribution in [3.63, 3.8) is 0 Å². The lowest BCUT2D eigenvalue weighted by atomic mass is 9.69. The number of nitrogens with zero attached hydrogens (tertiary/aromatic N) is 2. The predicted octanol–water partition coefficient (Wildman–Crippen LogP) is 6.92. The highest BCUT2D eigenvalue weighted by Gasteiger charge is 2.34. The second-order valence-corrected chi connectivity index (χ2v) is 12.3. The zero-order valence-electron chi connectivity index (χ0n) is 24.9. The molecule has 0 atom stereocenters. The minimum absolute atomic E-state index is 0.0613. The van der Waals surface area contributed by atoms with Crippen LogP contribution in [-0.2, 0) is 6.54 Å². The number of carboxylic acid groups (broad SMARTS) is 1. The van der Waals surface area contributed by atoms with Crippen molar-refractivity contribution < 1.29 is 19.1 Å². The third-order valence-electron chi connectivity index (χ3n) is 9.42. The monoisotopic (exact) mass is 571 g/mol. The molecule has 7 nitrogen and oxygen atoms in total. The Morgan fingerprint density at radius 1 is 0.976 bits per heavy atom. The highest BCUT2D eigenvalue weighted by atomic mass is 16.4. The number of likely N-dealkylation sites (tertiary alicyclic amines) is 1. The summed E-state index contributed by atoms with van der Waals surface area (Å²) < 4.78 is 5.50. The van der Waals surface area contributed by atoms with Gasteiger partial charge < -0.3 is 24.6 Å². The molecule has 1 aliphatic carbocycles. The number of carbonyl (C=O) groups is 2. The molecule has 1 saturated heterocycles. The maximum absolute atomic E-state index is 13.5. The molecule has 224 valence electrons. The minimum Gasteiger partial charge on any atom is -0.478 e. The molecule has 2 aliphatic rings. The van der Waals surface area contributed by atoms with Crippen LogP contribution in [0.25, 0.3) is 0 Å². The molecule has 7 heteroatoms. The van der Waals surface area contributed by atoms with Gasteiger partial charge in [0.15, 0.2) is 5.76 Å². The van der Waals surface area contributed by atoms with Crippen LogP contribution < -0.4 is 10.2 Å². The van der Waals surface area contributed by atoms with E-state index < -0.39 is 5.97 Å². The van der Waals surface area contributed by atoms with E-state index in [2.05, 4.69) is 41.4 Å². The first-order valence-electron chi connectivity index (χ1n) is 15.6. The van der Waals surface area contributed by atoms with Gasteiger partial charge in [-0.2, -0.15) is 0 Å². The Labute approximate surface area is 249 Å². The van der Waals surface area contributed by atoms with Crippen LogP contribution in [0, 0.1) is 12.3 Å². The Morgan fingerprint density at radius 2 is 1.69 bits per heavy atom. The molecule has 0 spiro atoms. The van der Waals surface area contributed by atoms with Crippen LogP contribution in [-0.4, -0.2) is 54.1 Å². The molecule has 1 saturated carbocycles. The van der Waals surface area contributed by atoms with Crippen LogP contribution in [0.4, 0.5) is 5.69 Å². The maximum Gasteiger partial charge on any atom is 0.335 e. The fraction of sp³-hybridized carbons (Fsp3) is 0.486. The molecule has 1 amide bonds. The van der Waals surface area contributed by atoms with E-state index in [4.69, 9.17) is 9.52 Å². The number of piperidine rings is 1. The fourth-order valence-corrected chi connectivity index (χ4v) is 6.79. The summed E-state index contributed by atoms with van der Waals surface area (Å²) in [6.45, 7) is 6.91. The van der Waals surface area contributed by atoms with Crippen LogP contribution in [0.3, 0.4) is 0 Å². The minimum atomic E-state index is -0.885. The SMILES string of the molecule is Cc1ccc(N(C(=O)c2ccco2)C2CCN(CCC3(CCNCc4ccc(C(=O)O)cc4)CCCCC3)CC2)cc1. The largest absolute Gasteiger partial charge is 0.478 e. The van der Waals surface area contributed by atoms with Gasteiger partial charge in [0.05, 0.1) is 11.8 Å². The van der Waals surface area contributed by atoms with Crippen LogP contribution >= 0.6 is 0 Å². The van der Waals surface area contributed by atoms with Crippen molar-refractivity contribution in [1.82, 2.24) is 10.2 Å². The third kappa shape index (κ3) is 7.69. The first-order chi connectivity index (χ1) is 20.4. The highest BCUT2D eigenvalue weighted by molar-refractivity contribution is 6.04. The first kappa shape index (κ1) is 30.1. The molecule has 2 heterocycles. The van der Waals surface area contributed by atoms with Gasteiger partial charge in [-0.25, -0.2) is 4.79 Å². The number of hydrogen-bond donors (Lipinski definition) is 2. The Balaban J connectivity index is 1.13. The zero-order chi connectivity index (χ0) is 29.4. The first-order valence-corrected chi connectivity index (χ1v) is 15.6. The number of carbonyl (C=O) groups excluding carboxylic acids is 1. The van der Waals surface area contributed by atoms with E-state index in [0.29, 0.717) is 16.7 Å². The average Bonchev–Trinajstić information content (AvgIpc) is 3.56. The quantitative estimate of drug-likeness (QED) is 0.230. The summed E-state index contributed by atoms with van der Waals surface area (Å²) in [6.07, 6.45) is 12.5. The lowest BCUT2D eigenvalue weighted by Gasteiger charge is -2.42. The van der Waals surface area contributed by atoms with E-state index in [1.165, 1.54) is 50.5 Å². The number of furan rings is 1. The standard InChI is InChI=1S/C35H45N3O4/c1-27-7-13-30(14-8-27)38(33(39)32-6-5-25-42-32)31-15-22-37(23-16-31)24-20-35(17-3-2-4-18-35)19-21-36-26-28-9-11-29(12-10-28)34(40)41/h5-14,25,31,36H,2-4,15-24,26H2,1H3,(H,40,41). The summed E-state index contributed by atoms with van der Waals surface area (Å²) in [5, 5.41) is 12.7. The molecule has 5 rings (SSSR count). The summed E-state index contributed by atoms with van der Waals surface area (Å²) >= 11 is 0. The van der Waals surface area contributed by atoms with Crippen LogP contribution in [0.15, 0.2) is 71.3 Å². The second kappa shape index (κ2) is 14.2. The second-order valence-electron chi connectivity index (χ2n) is 12.3. The van der Waals surface area contributed by atoms with Crippen LogP contribution in [0.5, 0.6) is 0 Å². The lowest BCUT2D eigenvalue weighted by molar-refractivity contribution is 0.0696. The number of benzene rings is 2. The van der Waals surface area contributed by atoms with E-state index in [9.17, 15) is 9.59 Å². The van der Waals surface area contributed by atoms with Crippen molar-refractivity contribution >= 4 is 17.6 Å². The summed E-state index contributed by atoms with van der Waals surface area (Å²) in [5.41, 5.74) is 3.95. The molecule has 2 N–H and O–H groups in total. The van der Waals surface area contributed by atoms with Gasteiger partial charge in [-0.3, -0.25) is 4.79 Å². The topological polar surface area (TPSA) is 86.0 Å². The molecule has 1 aromatic heterocycles. The van der Waals surface area contributed by atoms with Gasteiger partial charge in [-0.1, -0.05) is 49.1 Å². The molecule has 2 aromatic carbocycles. The maximum atomic E-state index is 13.5. The number of carboxylic acids is 1. The van der Waals surface area contributed by atoms with Gasteiger partial charge in [0.25, 0.3) is 5.91 Å². The van der Waals surface area contributed by atoms with Crippen molar-refractivity contribution in [2.45, 2.75) is 77.3 Å². The molecule has 3 aromatic rings. The van der Waals surface area contributed by atoms with Crippen molar-refractivity contribution in [2.75, 3.05) is 31.1 Å². The fourth-order valence-electron chi connectivity index (χ4n) is 6.79. The number of hydrogen-bond acceptors (Lipinski definition) is 5. The van der Waals surface area contributed by atoms with Gasteiger partial charge in [0.1, 0.15) is 0 Å². The number of anilines is 1. The third-order valence-corrected chi connectivity index (χ3v) is 9.42. The number of rotatable bonds is 12.